The van der Waals surface area contributed by atoms with Crippen molar-refractivity contribution in [2.45, 2.75) is 46.1 Å². The van der Waals surface area contributed by atoms with Gasteiger partial charge in [-0.25, -0.2) is 4.79 Å². The van der Waals surface area contributed by atoms with E-state index in [0.717, 1.165) is 0 Å². The molecule has 0 aliphatic rings. The van der Waals surface area contributed by atoms with E-state index in [9.17, 15) is 14.7 Å². The Bertz CT molecular complexity index is 575. The number of hydrogen-bond donors (Lipinski definition) is 2. The van der Waals surface area contributed by atoms with Gasteiger partial charge in [-0.2, -0.15) is 0 Å². The lowest BCUT2D eigenvalue weighted by atomic mass is 9.87. The van der Waals surface area contributed by atoms with Gasteiger partial charge in [-0.1, -0.05) is 19.9 Å². The van der Waals surface area contributed by atoms with Crippen molar-refractivity contribution in [3.05, 3.63) is 23.8 Å². The fourth-order valence-corrected chi connectivity index (χ4v) is 2.23. The highest BCUT2D eigenvalue weighted by Gasteiger charge is 2.27. The lowest BCUT2D eigenvalue weighted by Crippen LogP contribution is -2.28. The molecule has 0 saturated carbocycles. The minimum absolute atomic E-state index is 0.139. The topological polar surface area (TPSA) is 84.9 Å². The predicted octanol–water partition coefficient (Wildman–Crippen LogP) is 3.87. The highest BCUT2D eigenvalue weighted by atomic mass is 16.6. The van der Waals surface area contributed by atoms with Gasteiger partial charge in [0.25, 0.3) is 0 Å². The van der Waals surface area contributed by atoms with Crippen molar-refractivity contribution in [1.29, 1.82) is 0 Å². The largest absolute Gasteiger partial charge is 0.497 e. The summed E-state index contributed by atoms with van der Waals surface area (Å²) in [5.41, 5.74) is 0.242. The first-order chi connectivity index (χ1) is 10.5. The first-order valence-electron chi connectivity index (χ1n) is 7.46. The van der Waals surface area contributed by atoms with Crippen LogP contribution in [0.3, 0.4) is 0 Å². The van der Waals surface area contributed by atoms with Gasteiger partial charge >= 0.3 is 12.1 Å². The van der Waals surface area contributed by atoms with Crippen LogP contribution in [0.2, 0.25) is 0 Å². The number of hydrogen-bond acceptors (Lipinski definition) is 4. The molecule has 1 rings (SSSR count). The average Bonchev–Trinajstić information content (AvgIpc) is 2.37. The minimum atomic E-state index is -0.947. The summed E-state index contributed by atoms with van der Waals surface area (Å²) in [6.45, 7) is 8.91. The number of carboxylic acid groups (broad SMARTS) is 1. The Kier molecular flexibility index (Phi) is 6.01. The molecule has 1 atom stereocenters. The number of methoxy groups -OCH3 is 1. The third kappa shape index (κ3) is 5.47. The monoisotopic (exact) mass is 323 g/mol. The van der Waals surface area contributed by atoms with E-state index in [2.05, 4.69) is 5.32 Å². The van der Waals surface area contributed by atoms with Crippen LogP contribution in [0.25, 0.3) is 0 Å². The van der Waals surface area contributed by atoms with Gasteiger partial charge < -0.3 is 14.6 Å². The standard InChI is InChI=1S/C17H25NO5/c1-10(2)14(15(19)20)12-8-7-11(22-6)9-13(12)18-16(21)23-17(3,4)5/h7-10,14H,1-6H3,(H,18,21)(H,19,20). The van der Waals surface area contributed by atoms with Crippen LogP contribution in [0.4, 0.5) is 10.5 Å². The molecule has 6 nitrogen and oxygen atoms in total. The molecule has 1 aromatic rings. The van der Waals surface area contributed by atoms with E-state index in [0.29, 0.717) is 17.0 Å². The number of aliphatic carboxylic acids is 1. The molecule has 0 saturated heterocycles. The van der Waals surface area contributed by atoms with Crippen molar-refractivity contribution < 1.29 is 24.2 Å². The molecule has 0 aromatic heterocycles. The third-order valence-corrected chi connectivity index (χ3v) is 3.16. The number of carbonyl (C=O) groups excluding carboxylic acids is 1. The molecular weight excluding hydrogens is 298 g/mol. The molecule has 23 heavy (non-hydrogen) atoms. The highest BCUT2D eigenvalue weighted by Crippen LogP contribution is 2.33. The van der Waals surface area contributed by atoms with Crippen LogP contribution < -0.4 is 10.1 Å². The quantitative estimate of drug-likeness (QED) is 0.859. The molecule has 128 valence electrons. The van der Waals surface area contributed by atoms with E-state index < -0.39 is 23.6 Å². The Hall–Kier alpha value is -2.24. The Morgan fingerprint density at radius 1 is 1.22 bits per heavy atom. The normalized spacial score (nSPS) is 12.7. The summed E-state index contributed by atoms with van der Waals surface area (Å²) in [6.07, 6.45) is -0.639. The zero-order valence-corrected chi connectivity index (χ0v) is 14.5. The molecule has 1 aromatic carbocycles. The van der Waals surface area contributed by atoms with Crippen molar-refractivity contribution in [1.82, 2.24) is 0 Å². The lowest BCUT2D eigenvalue weighted by molar-refractivity contribution is -0.139. The molecule has 1 amide bonds. The van der Waals surface area contributed by atoms with Crippen LogP contribution in [-0.4, -0.2) is 29.9 Å². The van der Waals surface area contributed by atoms with Crippen molar-refractivity contribution in [3.63, 3.8) is 0 Å². The van der Waals surface area contributed by atoms with E-state index in [1.54, 1.807) is 39.0 Å². The molecule has 6 heteroatoms. The first kappa shape index (κ1) is 18.8. The van der Waals surface area contributed by atoms with Crippen LogP contribution in [0.5, 0.6) is 5.75 Å². The fourth-order valence-electron chi connectivity index (χ4n) is 2.23. The Balaban J connectivity index is 3.21. The van der Waals surface area contributed by atoms with Crippen LogP contribution >= 0.6 is 0 Å². The minimum Gasteiger partial charge on any atom is -0.497 e. The second-order valence-electron chi connectivity index (χ2n) is 6.64. The number of benzene rings is 1. The smallest absolute Gasteiger partial charge is 0.412 e. The SMILES string of the molecule is COc1ccc(C(C(=O)O)C(C)C)c(NC(=O)OC(C)(C)C)c1. The van der Waals surface area contributed by atoms with E-state index in [1.807, 2.05) is 13.8 Å². The molecule has 0 spiro atoms. The second kappa shape index (κ2) is 7.35. The third-order valence-electron chi connectivity index (χ3n) is 3.16. The second-order valence-corrected chi connectivity index (χ2v) is 6.64. The zero-order valence-electron chi connectivity index (χ0n) is 14.5. The molecule has 0 aliphatic carbocycles. The van der Waals surface area contributed by atoms with Crippen molar-refractivity contribution >= 4 is 17.7 Å². The molecular formula is C17H25NO5. The maximum Gasteiger partial charge on any atom is 0.412 e. The van der Waals surface area contributed by atoms with Crippen molar-refractivity contribution in [3.8, 4) is 5.75 Å². The summed E-state index contributed by atoms with van der Waals surface area (Å²) in [7, 11) is 1.50. The Morgan fingerprint density at radius 2 is 1.83 bits per heavy atom. The van der Waals surface area contributed by atoms with Gasteiger partial charge in [0.05, 0.1) is 18.7 Å². The van der Waals surface area contributed by atoms with Crippen molar-refractivity contribution in [2.24, 2.45) is 5.92 Å². The van der Waals surface area contributed by atoms with Gasteiger partial charge in [0.1, 0.15) is 11.4 Å². The zero-order chi connectivity index (χ0) is 17.8. The van der Waals surface area contributed by atoms with E-state index in [4.69, 9.17) is 9.47 Å². The van der Waals surface area contributed by atoms with Gasteiger partial charge in [0, 0.05) is 6.07 Å². The number of carboxylic acids is 1. The summed E-state index contributed by atoms with van der Waals surface area (Å²) in [5, 5.41) is 12.1. The number of ether oxygens (including phenoxy) is 2. The number of amides is 1. The summed E-state index contributed by atoms with van der Waals surface area (Å²) >= 11 is 0. The molecule has 0 radical (unpaired) electrons. The lowest BCUT2D eigenvalue weighted by Gasteiger charge is -2.23. The Labute approximate surface area is 136 Å². The van der Waals surface area contributed by atoms with Gasteiger partial charge in [-0.3, -0.25) is 10.1 Å². The van der Waals surface area contributed by atoms with Crippen LogP contribution in [0, 0.1) is 5.92 Å². The number of rotatable bonds is 5. The molecule has 1 unspecified atom stereocenters. The highest BCUT2D eigenvalue weighted by molar-refractivity contribution is 5.89. The van der Waals surface area contributed by atoms with E-state index >= 15 is 0 Å². The van der Waals surface area contributed by atoms with Gasteiger partial charge in [-0.15, -0.1) is 0 Å². The van der Waals surface area contributed by atoms with E-state index in [-0.39, 0.29) is 5.92 Å². The maximum atomic E-state index is 12.0. The molecule has 2 N–H and O–H groups in total. The fraction of sp³-hybridized carbons (Fsp3) is 0.529. The molecule has 0 bridgehead atoms. The summed E-state index contributed by atoms with van der Waals surface area (Å²) in [5.74, 6) is -1.31. The average molecular weight is 323 g/mol. The molecule has 0 fully saturated rings. The van der Waals surface area contributed by atoms with Gasteiger partial charge in [0.2, 0.25) is 0 Å². The van der Waals surface area contributed by atoms with Gasteiger partial charge in [0.15, 0.2) is 0 Å². The Morgan fingerprint density at radius 3 is 2.26 bits per heavy atom. The number of nitrogens with one attached hydrogen (secondary N) is 1. The van der Waals surface area contributed by atoms with Crippen LogP contribution in [0.1, 0.15) is 46.1 Å². The summed E-state index contributed by atoms with van der Waals surface area (Å²) in [4.78, 5) is 23.6. The predicted molar refractivity (Wildman–Crippen MR) is 88.1 cm³/mol. The van der Waals surface area contributed by atoms with Crippen molar-refractivity contribution in [2.75, 3.05) is 12.4 Å². The number of anilines is 1. The number of carbonyl (C=O) groups is 2. The molecule has 0 aliphatic heterocycles. The molecule has 0 heterocycles. The maximum absolute atomic E-state index is 12.0. The first-order valence-corrected chi connectivity index (χ1v) is 7.46. The van der Waals surface area contributed by atoms with Gasteiger partial charge in [-0.05, 0) is 38.3 Å². The van der Waals surface area contributed by atoms with Crippen LogP contribution in [-0.2, 0) is 9.53 Å². The summed E-state index contributed by atoms with van der Waals surface area (Å²) < 4.78 is 10.4. The van der Waals surface area contributed by atoms with E-state index in [1.165, 1.54) is 7.11 Å². The summed E-state index contributed by atoms with van der Waals surface area (Å²) in [6, 6.07) is 4.93. The van der Waals surface area contributed by atoms with Crippen LogP contribution in [0.15, 0.2) is 18.2 Å².